The first-order valence-electron chi connectivity index (χ1n) is 13.8. The van der Waals surface area contributed by atoms with Gasteiger partial charge in [0.2, 0.25) is 5.91 Å². The predicted octanol–water partition coefficient (Wildman–Crippen LogP) is 6.32. The van der Waals surface area contributed by atoms with Gasteiger partial charge in [-0.25, -0.2) is 9.69 Å². The van der Waals surface area contributed by atoms with E-state index in [1.807, 2.05) is 12.1 Å². The van der Waals surface area contributed by atoms with Gasteiger partial charge >= 0.3 is 6.09 Å². The summed E-state index contributed by atoms with van der Waals surface area (Å²) in [6.45, 7) is 9.09. The molecule has 3 aliphatic carbocycles. The van der Waals surface area contributed by atoms with Gasteiger partial charge in [-0.1, -0.05) is 45.9 Å². The highest BCUT2D eigenvalue weighted by Crippen LogP contribution is 2.65. The molecule has 0 radical (unpaired) electrons. The van der Waals surface area contributed by atoms with E-state index in [0.29, 0.717) is 29.4 Å². The minimum Gasteiger partial charge on any atom is -0.444 e. The van der Waals surface area contributed by atoms with E-state index in [0.717, 1.165) is 36.7 Å². The molecule has 0 unspecified atom stereocenters. The molecule has 36 heavy (non-hydrogen) atoms. The van der Waals surface area contributed by atoms with Crippen LogP contribution in [0.25, 0.3) is 0 Å². The van der Waals surface area contributed by atoms with Gasteiger partial charge in [0.25, 0.3) is 5.91 Å². The predicted molar refractivity (Wildman–Crippen MR) is 139 cm³/mol. The molecule has 0 spiro atoms. The molecule has 5 rings (SSSR count). The standard InChI is InChI=1S/C30H40N2O4/c1-5-26(33)31-21-9-7-20(8-10-21)18-36-28(35)32-25-13-11-22-23-12-6-19(2)29(23,3)16-14-24(22)30(25,4)17-15-27(32)34/h7-10,15,17,19,22-25H,5-6,11-14,16,18H2,1-4H3,(H,31,33)/t19-,22-,23-,24-,25+,29+,30+/m0/s1. The molecule has 0 saturated heterocycles. The van der Waals surface area contributed by atoms with E-state index in [9.17, 15) is 14.4 Å². The van der Waals surface area contributed by atoms with Crippen LogP contribution in [-0.2, 0) is 20.9 Å². The smallest absolute Gasteiger partial charge is 0.417 e. The van der Waals surface area contributed by atoms with Crippen LogP contribution in [0.2, 0.25) is 0 Å². The summed E-state index contributed by atoms with van der Waals surface area (Å²) in [5, 5.41) is 2.81. The second-order valence-electron chi connectivity index (χ2n) is 12.1. The number of nitrogens with zero attached hydrogens (tertiary/aromatic N) is 1. The number of amides is 3. The lowest BCUT2D eigenvalue weighted by Crippen LogP contribution is -2.61. The van der Waals surface area contributed by atoms with Crippen LogP contribution >= 0.6 is 0 Å². The third kappa shape index (κ3) is 4.06. The second kappa shape index (κ2) is 9.35. The van der Waals surface area contributed by atoms with Crippen LogP contribution in [0.15, 0.2) is 36.4 Å². The SMILES string of the molecule is CCC(=O)Nc1ccc(COC(=O)N2C(=O)C=C[C@]3(C)[C@H]4CC[C@]5(C)[C@@H](C)CC[C@H]5[C@@H]4CC[C@@H]23)cc1. The van der Waals surface area contributed by atoms with E-state index in [1.165, 1.54) is 24.2 Å². The lowest BCUT2D eigenvalue weighted by molar-refractivity contribution is -0.138. The number of benzene rings is 1. The van der Waals surface area contributed by atoms with Gasteiger partial charge in [-0.05, 0) is 85.3 Å². The van der Waals surface area contributed by atoms with Gasteiger partial charge in [-0.3, -0.25) is 9.59 Å². The lowest BCUT2D eigenvalue weighted by Gasteiger charge is -2.60. The summed E-state index contributed by atoms with van der Waals surface area (Å²) in [5.41, 5.74) is 1.75. The van der Waals surface area contributed by atoms with E-state index in [4.69, 9.17) is 4.74 Å². The summed E-state index contributed by atoms with van der Waals surface area (Å²) in [5.74, 6) is 2.37. The third-order valence-corrected chi connectivity index (χ3v) is 10.5. The number of carbonyl (C=O) groups is 3. The zero-order valence-corrected chi connectivity index (χ0v) is 22.1. The highest BCUT2D eigenvalue weighted by atomic mass is 16.6. The number of hydrogen-bond donors (Lipinski definition) is 1. The topological polar surface area (TPSA) is 75.7 Å². The number of nitrogens with one attached hydrogen (secondary N) is 1. The van der Waals surface area contributed by atoms with Crippen molar-refractivity contribution in [1.82, 2.24) is 4.90 Å². The Morgan fingerprint density at radius 2 is 1.81 bits per heavy atom. The van der Waals surface area contributed by atoms with Crippen LogP contribution in [0, 0.1) is 34.5 Å². The van der Waals surface area contributed by atoms with E-state index in [1.54, 1.807) is 25.1 Å². The minimum absolute atomic E-state index is 0.0475. The van der Waals surface area contributed by atoms with Gasteiger partial charge in [0.15, 0.2) is 0 Å². The van der Waals surface area contributed by atoms with Crippen LogP contribution in [0.4, 0.5) is 10.5 Å². The monoisotopic (exact) mass is 492 g/mol. The molecule has 1 aromatic carbocycles. The van der Waals surface area contributed by atoms with Crippen molar-refractivity contribution in [2.45, 2.75) is 85.3 Å². The Kier molecular flexibility index (Phi) is 6.50. The first-order chi connectivity index (χ1) is 17.2. The molecule has 0 bridgehead atoms. The maximum absolute atomic E-state index is 13.3. The first kappa shape index (κ1) is 25.0. The van der Waals surface area contributed by atoms with Crippen LogP contribution in [0.3, 0.4) is 0 Å². The molecule has 3 saturated carbocycles. The number of hydrogen-bond acceptors (Lipinski definition) is 4. The van der Waals surface area contributed by atoms with Crippen LogP contribution in [0.5, 0.6) is 0 Å². The van der Waals surface area contributed by atoms with Crippen molar-refractivity contribution in [2.75, 3.05) is 5.32 Å². The number of fused-ring (bicyclic) bond motifs is 5. The zero-order valence-electron chi connectivity index (χ0n) is 22.1. The molecule has 1 aliphatic heterocycles. The number of anilines is 1. The highest BCUT2D eigenvalue weighted by Gasteiger charge is 2.60. The fourth-order valence-corrected chi connectivity index (χ4v) is 8.13. The normalized spacial score (nSPS) is 37.1. The molecule has 1 N–H and O–H groups in total. The average Bonchev–Trinajstić information content (AvgIpc) is 3.18. The van der Waals surface area contributed by atoms with Crippen LogP contribution in [-0.4, -0.2) is 28.8 Å². The Balaban J connectivity index is 1.28. The Morgan fingerprint density at radius 1 is 1.06 bits per heavy atom. The molecule has 1 heterocycles. The van der Waals surface area contributed by atoms with Gasteiger partial charge < -0.3 is 10.1 Å². The highest BCUT2D eigenvalue weighted by molar-refractivity contribution is 6.00. The summed E-state index contributed by atoms with van der Waals surface area (Å²) in [4.78, 5) is 39.2. The maximum atomic E-state index is 13.3. The molecule has 6 nitrogen and oxygen atoms in total. The van der Waals surface area contributed by atoms with Crippen molar-refractivity contribution < 1.29 is 19.1 Å². The van der Waals surface area contributed by atoms with Gasteiger partial charge in [0.1, 0.15) is 6.61 Å². The molecule has 4 aliphatic rings. The molecule has 3 amide bonds. The molecule has 7 atom stereocenters. The zero-order chi connectivity index (χ0) is 25.7. The van der Waals surface area contributed by atoms with Crippen molar-refractivity contribution in [3.63, 3.8) is 0 Å². The van der Waals surface area contributed by atoms with Crippen LogP contribution < -0.4 is 5.32 Å². The molecule has 194 valence electrons. The molecule has 6 heteroatoms. The second-order valence-corrected chi connectivity index (χ2v) is 12.1. The van der Waals surface area contributed by atoms with Crippen molar-refractivity contribution in [1.29, 1.82) is 0 Å². The largest absolute Gasteiger partial charge is 0.444 e. The third-order valence-electron chi connectivity index (χ3n) is 10.5. The van der Waals surface area contributed by atoms with Gasteiger partial charge in [-0.2, -0.15) is 0 Å². The quantitative estimate of drug-likeness (QED) is 0.534. The fourth-order valence-electron chi connectivity index (χ4n) is 8.13. The lowest BCUT2D eigenvalue weighted by atomic mass is 9.48. The number of imide groups is 1. The summed E-state index contributed by atoms with van der Waals surface area (Å²) >= 11 is 0. The molecular formula is C30H40N2O4. The molecule has 3 fully saturated rings. The Hall–Kier alpha value is -2.63. The van der Waals surface area contributed by atoms with Gasteiger partial charge in [-0.15, -0.1) is 0 Å². The Labute approximate surface area is 214 Å². The van der Waals surface area contributed by atoms with Crippen molar-refractivity contribution in [2.24, 2.45) is 34.5 Å². The summed E-state index contributed by atoms with van der Waals surface area (Å²) in [7, 11) is 0. The van der Waals surface area contributed by atoms with Crippen molar-refractivity contribution in [3.8, 4) is 0 Å². The average molecular weight is 493 g/mol. The number of ether oxygens (including phenoxy) is 1. The van der Waals surface area contributed by atoms with E-state index in [2.05, 4.69) is 32.2 Å². The van der Waals surface area contributed by atoms with Crippen LogP contribution in [0.1, 0.15) is 78.2 Å². The minimum atomic E-state index is -0.558. The summed E-state index contributed by atoms with van der Waals surface area (Å²) in [6, 6.07) is 7.09. The summed E-state index contributed by atoms with van der Waals surface area (Å²) in [6.07, 6.45) is 10.5. The Bertz CT molecular complexity index is 1070. The molecule has 0 aromatic heterocycles. The number of rotatable bonds is 4. The van der Waals surface area contributed by atoms with Crippen molar-refractivity contribution in [3.05, 3.63) is 42.0 Å². The Morgan fingerprint density at radius 3 is 2.53 bits per heavy atom. The van der Waals surface area contributed by atoms with E-state index >= 15 is 0 Å². The molecular weight excluding hydrogens is 452 g/mol. The van der Waals surface area contributed by atoms with E-state index in [-0.39, 0.29) is 29.9 Å². The van der Waals surface area contributed by atoms with Gasteiger partial charge in [0, 0.05) is 23.6 Å². The maximum Gasteiger partial charge on any atom is 0.417 e. The fraction of sp³-hybridized carbons (Fsp3) is 0.633. The first-order valence-corrected chi connectivity index (χ1v) is 13.8. The van der Waals surface area contributed by atoms with Gasteiger partial charge in [0.05, 0.1) is 6.04 Å². The summed E-state index contributed by atoms with van der Waals surface area (Å²) < 4.78 is 5.65. The van der Waals surface area contributed by atoms with Crippen molar-refractivity contribution >= 4 is 23.6 Å². The number of carbonyl (C=O) groups excluding carboxylic acids is 3. The van der Waals surface area contributed by atoms with E-state index < -0.39 is 6.09 Å². The molecule has 1 aromatic rings.